The van der Waals surface area contributed by atoms with Crippen molar-refractivity contribution in [3.63, 3.8) is 0 Å². The summed E-state index contributed by atoms with van der Waals surface area (Å²) in [4.78, 5) is 50.5. The standard InChI is InChI=1S/C18H31N5O4/c1-2-11-10-14(24)22-15(11)17(26)21-12(6-3-4-8-19)18(27)23-9-5-7-13(23)16(20)25/h11-13,15H,2-10,19H2,1H3,(H2,20,25)(H,21,26)(H,22,24)/t11?,12-,13-,15-/m0/s1. The van der Waals surface area contributed by atoms with Crippen molar-refractivity contribution in [1.29, 1.82) is 0 Å². The lowest BCUT2D eigenvalue weighted by molar-refractivity contribution is -0.141. The highest BCUT2D eigenvalue weighted by molar-refractivity contribution is 5.95. The van der Waals surface area contributed by atoms with E-state index in [9.17, 15) is 19.2 Å². The van der Waals surface area contributed by atoms with E-state index >= 15 is 0 Å². The van der Waals surface area contributed by atoms with Gasteiger partial charge >= 0.3 is 0 Å². The molecule has 27 heavy (non-hydrogen) atoms. The number of amides is 4. The number of rotatable bonds is 9. The summed E-state index contributed by atoms with van der Waals surface area (Å²) < 4.78 is 0. The number of hydrogen-bond donors (Lipinski definition) is 4. The second-order valence-corrected chi connectivity index (χ2v) is 7.36. The van der Waals surface area contributed by atoms with E-state index in [1.807, 2.05) is 6.92 Å². The van der Waals surface area contributed by atoms with E-state index in [2.05, 4.69) is 10.6 Å². The van der Waals surface area contributed by atoms with E-state index in [0.717, 1.165) is 6.42 Å². The van der Waals surface area contributed by atoms with Crippen LogP contribution in [0.25, 0.3) is 0 Å². The first-order valence-electron chi connectivity index (χ1n) is 9.78. The van der Waals surface area contributed by atoms with Gasteiger partial charge in [-0.1, -0.05) is 13.3 Å². The van der Waals surface area contributed by atoms with Gasteiger partial charge in [-0.05, 0) is 44.6 Å². The molecule has 2 rings (SSSR count). The number of hydrogen-bond acceptors (Lipinski definition) is 5. The van der Waals surface area contributed by atoms with Crippen molar-refractivity contribution in [2.75, 3.05) is 13.1 Å². The molecule has 0 aromatic rings. The maximum Gasteiger partial charge on any atom is 0.245 e. The molecule has 0 aliphatic carbocycles. The molecule has 2 heterocycles. The number of nitrogens with one attached hydrogen (secondary N) is 2. The van der Waals surface area contributed by atoms with Crippen molar-refractivity contribution >= 4 is 23.6 Å². The Kier molecular flexibility index (Phi) is 7.58. The highest BCUT2D eigenvalue weighted by atomic mass is 16.2. The third-order valence-electron chi connectivity index (χ3n) is 5.47. The molecule has 6 N–H and O–H groups in total. The van der Waals surface area contributed by atoms with Crippen LogP contribution in [0.5, 0.6) is 0 Å². The van der Waals surface area contributed by atoms with Gasteiger partial charge in [0.05, 0.1) is 0 Å². The Balaban J connectivity index is 2.08. The van der Waals surface area contributed by atoms with Crippen molar-refractivity contribution in [2.45, 2.75) is 70.0 Å². The molecular formula is C18H31N5O4. The third kappa shape index (κ3) is 5.18. The van der Waals surface area contributed by atoms with Gasteiger partial charge in [0.1, 0.15) is 18.1 Å². The molecule has 0 aromatic carbocycles. The molecular weight excluding hydrogens is 350 g/mol. The van der Waals surface area contributed by atoms with E-state index in [1.165, 1.54) is 4.90 Å². The zero-order chi connectivity index (χ0) is 20.0. The van der Waals surface area contributed by atoms with E-state index in [1.54, 1.807) is 0 Å². The van der Waals surface area contributed by atoms with Crippen LogP contribution < -0.4 is 22.1 Å². The lowest BCUT2D eigenvalue weighted by Crippen LogP contribution is -2.56. The van der Waals surface area contributed by atoms with E-state index in [4.69, 9.17) is 11.5 Å². The summed E-state index contributed by atoms with van der Waals surface area (Å²) in [5.74, 6) is -1.40. The van der Waals surface area contributed by atoms with Gasteiger partial charge in [0.2, 0.25) is 23.6 Å². The largest absolute Gasteiger partial charge is 0.368 e. The van der Waals surface area contributed by atoms with Crippen LogP contribution >= 0.6 is 0 Å². The van der Waals surface area contributed by atoms with Crippen LogP contribution in [0.2, 0.25) is 0 Å². The van der Waals surface area contributed by atoms with Crippen LogP contribution in [0.1, 0.15) is 51.9 Å². The number of unbranched alkanes of at least 4 members (excludes halogenated alkanes) is 1. The Bertz CT molecular complexity index is 582. The van der Waals surface area contributed by atoms with Gasteiger partial charge in [0.15, 0.2) is 0 Å². The normalized spacial score (nSPS) is 25.9. The fourth-order valence-corrected chi connectivity index (χ4v) is 3.90. The highest BCUT2D eigenvalue weighted by Crippen LogP contribution is 2.22. The second kappa shape index (κ2) is 9.68. The summed E-state index contributed by atoms with van der Waals surface area (Å²) in [6, 6.07) is -2.00. The van der Waals surface area contributed by atoms with Gasteiger partial charge < -0.3 is 27.0 Å². The summed E-state index contributed by atoms with van der Waals surface area (Å²) >= 11 is 0. The first-order valence-corrected chi connectivity index (χ1v) is 9.78. The highest BCUT2D eigenvalue weighted by Gasteiger charge is 2.40. The molecule has 2 saturated heterocycles. The second-order valence-electron chi connectivity index (χ2n) is 7.36. The van der Waals surface area contributed by atoms with Crippen LogP contribution in [0.3, 0.4) is 0 Å². The van der Waals surface area contributed by atoms with Crippen LogP contribution in [0, 0.1) is 5.92 Å². The number of likely N-dealkylation sites (tertiary alicyclic amines) is 1. The van der Waals surface area contributed by atoms with Gasteiger partial charge in [-0.15, -0.1) is 0 Å². The van der Waals surface area contributed by atoms with Crippen LogP contribution in [-0.2, 0) is 19.2 Å². The van der Waals surface area contributed by atoms with Crippen molar-refractivity contribution in [1.82, 2.24) is 15.5 Å². The summed E-state index contributed by atoms with van der Waals surface area (Å²) in [5, 5.41) is 5.49. The third-order valence-corrected chi connectivity index (χ3v) is 5.47. The van der Waals surface area contributed by atoms with Gasteiger partial charge in [-0.3, -0.25) is 19.2 Å². The molecule has 9 heteroatoms. The van der Waals surface area contributed by atoms with E-state index in [0.29, 0.717) is 51.6 Å². The van der Waals surface area contributed by atoms with Crippen molar-refractivity contribution in [3.05, 3.63) is 0 Å². The van der Waals surface area contributed by atoms with E-state index < -0.39 is 24.0 Å². The zero-order valence-corrected chi connectivity index (χ0v) is 15.9. The average molecular weight is 381 g/mol. The van der Waals surface area contributed by atoms with Crippen LogP contribution in [0.4, 0.5) is 0 Å². The number of carbonyl (C=O) groups is 4. The topological polar surface area (TPSA) is 148 Å². The smallest absolute Gasteiger partial charge is 0.245 e. The Labute approximate surface area is 159 Å². The molecule has 4 amide bonds. The van der Waals surface area contributed by atoms with Crippen molar-refractivity contribution in [3.8, 4) is 0 Å². The molecule has 0 saturated carbocycles. The minimum atomic E-state index is -0.751. The Morgan fingerprint density at radius 2 is 2.07 bits per heavy atom. The fraction of sp³-hybridized carbons (Fsp3) is 0.778. The number of nitrogens with zero attached hydrogens (tertiary/aromatic N) is 1. The summed E-state index contributed by atoms with van der Waals surface area (Å²) in [6.45, 7) is 2.88. The SMILES string of the molecule is CCC1CC(=O)N[C@@H]1C(=O)N[C@@H](CCCCN)C(=O)N1CCC[C@H]1C(N)=O. The molecule has 2 aliphatic heterocycles. The van der Waals surface area contributed by atoms with Crippen molar-refractivity contribution in [2.24, 2.45) is 17.4 Å². The first kappa shape index (κ1) is 21.1. The first-order chi connectivity index (χ1) is 12.9. The Morgan fingerprint density at radius 1 is 1.33 bits per heavy atom. The quantitative estimate of drug-likeness (QED) is 0.378. The predicted molar refractivity (Wildman–Crippen MR) is 99.1 cm³/mol. The average Bonchev–Trinajstić information content (AvgIpc) is 3.26. The monoisotopic (exact) mass is 381 g/mol. The lowest BCUT2D eigenvalue weighted by Gasteiger charge is -2.29. The molecule has 0 radical (unpaired) electrons. The van der Waals surface area contributed by atoms with E-state index in [-0.39, 0.29) is 23.6 Å². The van der Waals surface area contributed by atoms with Gasteiger partial charge in [-0.2, -0.15) is 0 Å². The van der Waals surface area contributed by atoms with Gasteiger partial charge in [-0.25, -0.2) is 0 Å². The molecule has 0 spiro atoms. The molecule has 2 aliphatic rings. The molecule has 1 unspecified atom stereocenters. The zero-order valence-electron chi connectivity index (χ0n) is 15.9. The van der Waals surface area contributed by atoms with Gasteiger partial charge in [0.25, 0.3) is 0 Å². The molecule has 2 fully saturated rings. The molecule has 0 bridgehead atoms. The minimum Gasteiger partial charge on any atom is -0.368 e. The molecule has 4 atom stereocenters. The Hall–Kier alpha value is -2.16. The number of primary amides is 1. The Morgan fingerprint density at radius 3 is 2.70 bits per heavy atom. The maximum absolute atomic E-state index is 13.0. The molecule has 152 valence electrons. The molecule has 0 aromatic heterocycles. The van der Waals surface area contributed by atoms with Gasteiger partial charge in [0, 0.05) is 13.0 Å². The summed E-state index contributed by atoms with van der Waals surface area (Å²) in [5.41, 5.74) is 11.0. The maximum atomic E-state index is 13.0. The summed E-state index contributed by atoms with van der Waals surface area (Å²) in [7, 11) is 0. The van der Waals surface area contributed by atoms with Crippen molar-refractivity contribution < 1.29 is 19.2 Å². The fourth-order valence-electron chi connectivity index (χ4n) is 3.90. The molecule has 9 nitrogen and oxygen atoms in total. The summed E-state index contributed by atoms with van der Waals surface area (Å²) in [6.07, 6.45) is 4.10. The predicted octanol–water partition coefficient (Wildman–Crippen LogP) is -1.01. The van der Waals surface area contributed by atoms with Crippen LogP contribution in [-0.4, -0.2) is 59.7 Å². The van der Waals surface area contributed by atoms with Crippen LogP contribution in [0.15, 0.2) is 0 Å². The number of nitrogens with two attached hydrogens (primary N) is 2. The minimum absolute atomic E-state index is 0.0811. The lowest BCUT2D eigenvalue weighted by atomic mass is 9.96. The number of carbonyl (C=O) groups excluding carboxylic acids is 4.